The van der Waals surface area contributed by atoms with Crippen LogP contribution in [0.15, 0.2) is 0 Å². The molecule has 2 saturated heterocycles. The highest BCUT2D eigenvalue weighted by atomic mass is 16.4. The van der Waals surface area contributed by atoms with Gasteiger partial charge in [-0.05, 0) is 26.9 Å². The molecule has 0 aromatic heterocycles. The van der Waals surface area contributed by atoms with Crippen LogP contribution in [0.2, 0.25) is 0 Å². The number of nitrogens with zero attached hydrogens (tertiary/aromatic N) is 3. The van der Waals surface area contributed by atoms with Crippen molar-refractivity contribution in [3.05, 3.63) is 0 Å². The van der Waals surface area contributed by atoms with Crippen LogP contribution in [0.4, 0.5) is 4.79 Å². The molecule has 114 valence electrons. The van der Waals surface area contributed by atoms with Crippen molar-refractivity contribution in [2.24, 2.45) is 0 Å². The number of piperazine rings is 1. The first-order valence-electron chi connectivity index (χ1n) is 7.15. The van der Waals surface area contributed by atoms with E-state index in [1.807, 2.05) is 0 Å². The lowest BCUT2D eigenvalue weighted by Gasteiger charge is -2.38. The number of carboxylic acid groups (broad SMARTS) is 1. The second-order valence-electron chi connectivity index (χ2n) is 5.77. The molecule has 0 aliphatic carbocycles. The molecular weight excluding hydrogens is 260 g/mol. The average Bonchev–Trinajstić information content (AvgIpc) is 2.89. The largest absolute Gasteiger partial charge is 0.480 e. The predicted molar refractivity (Wildman–Crippen MR) is 74.7 cm³/mol. The third-order valence-electron chi connectivity index (χ3n) is 4.27. The summed E-state index contributed by atoms with van der Waals surface area (Å²) in [5.41, 5.74) is 0. The molecule has 2 atom stereocenters. The Kier molecular flexibility index (Phi) is 4.82. The number of carbonyl (C=O) groups excluding carboxylic acids is 1. The topological polar surface area (TPSA) is 76.1 Å². The van der Waals surface area contributed by atoms with Crippen molar-refractivity contribution in [1.82, 2.24) is 20.0 Å². The van der Waals surface area contributed by atoms with Gasteiger partial charge in [-0.25, -0.2) is 9.59 Å². The smallest absolute Gasteiger partial charge is 0.326 e. The lowest BCUT2D eigenvalue weighted by Crippen LogP contribution is -2.56. The van der Waals surface area contributed by atoms with E-state index < -0.39 is 12.0 Å². The molecule has 2 aliphatic heterocycles. The number of nitrogens with one attached hydrogen (secondary N) is 1. The van der Waals surface area contributed by atoms with Crippen LogP contribution >= 0.6 is 0 Å². The van der Waals surface area contributed by atoms with Crippen molar-refractivity contribution in [1.29, 1.82) is 0 Å². The summed E-state index contributed by atoms with van der Waals surface area (Å²) in [6.45, 7) is 4.03. The second-order valence-corrected chi connectivity index (χ2v) is 5.77. The molecular formula is C13H24N4O3. The van der Waals surface area contributed by atoms with E-state index in [-0.39, 0.29) is 12.1 Å². The van der Waals surface area contributed by atoms with Crippen LogP contribution in [0.1, 0.15) is 12.8 Å². The van der Waals surface area contributed by atoms with E-state index in [0.717, 1.165) is 26.1 Å². The highest BCUT2D eigenvalue weighted by molar-refractivity contribution is 5.83. The molecule has 0 bridgehead atoms. The van der Waals surface area contributed by atoms with Crippen molar-refractivity contribution in [3.8, 4) is 0 Å². The van der Waals surface area contributed by atoms with Gasteiger partial charge in [-0.2, -0.15) is 0 Å². The lowest BCUT2D eigenvalue weighted by molar-refractivity contribution is -0.141. The predicted octanol–water partition coefficient (Wildman–Crippen LogP) is -0.509. The third-order valence-corrected chi connectivity index (χ3v) is 4.27. The molecule has 2 N–H and O–H groups in total. The zero-order chi connectivity index (χ0) is 14.7. The number of likely N-dealkylation sites (tertiary alicyclic amines) is 1. The Morgan fingerprint density at radius 1 is 1.25 bits per heavy atom. The number of hydrogen-bond donors (Lipinski definition) is 2. The van der Waals surface area contributed by atoms with Crippen molar-refractivity contribution >= 4 is 12.0 Å². The van der Waals surface area contributed by atoms with Crippen LogP contribution in [0, 0.1) is 0 Å². The van der Waals surface area contributed by atoms with Gasteiger partial charge in [-0.3, -0.25) is 4.90 Å². The Morgan fingerprint density at radius 3 is 2.70 bits per heavy atom. The molecule has 0 spiro atoms. The Hall–Kier alpha value is -1.34. The first kappa shape index (κ1) is 15.1. The minimum absolute atomic E-state index is 0.253. The van der Waals surface area contributed by atoms with Crippen LogP contribution in [0.25, 0.3) is 0 Å². The maximum absolute atomic E-state index is 12.1. The summed E-state index contributed by atoms with van der Waals surface area (Å²) in [5.74, 6) is -0.910. The van der Waals surface area contributed by atoms with Crippen LogP contribution in [0.3, 0.4) is 0 Å². The van der Waals surface area contributed by atoms with E-state index in [0.29, 0.717) is 19.5 Å². The van der Waals surface area contributed by atoms with Crippen molar-refractivity contribution in [3.63, 3.8) is 0 Å². The highest BCUT2D eigenvalue weighted by Crippen LogP contribution is 2.17. The molecule has 0 aromatic carbocycles. The van der Waals surface area contributed by atoms with E-state index in [2.05, 4.69) is 29.2 Å². The van der Waals surface area contributed by atoms with E-state index in [9.17, 15) is 9.59 Å². The monoisotopic (exact) mass is 284 g/mol. The quantitative estimate of drug-likeness (QED) is 0.730. The number of rotatable bonds is 3. The van der Waals surface area contributed by atoms with Gasteiger partial charge in [-0.1, -0.05) is 0 Å². The van der Waals surface area contributed by atoms with Gasteiger partial charge >= 0.3 is 12.0 Å². The summed E-state index contributed by atoms with van der Waals surface area (Å²) in [6, 6.07) is -0.637. The Bertz CT molecular complexity index is 377. The summed E-state index contributed by atoms with van der Waals surface area (Å²) in [4.78, 5) is 29.1. The minimum Gasteiger partial charge on any atom is -0.480 e. The number of aliphatic carboxylic acids is 1. The van der Waals surface area contributed by atoms with Crippen LogP contribution < -0.4 is 5.32 Å². The molecule has 2 unspecified atom stereocenters. The Labute approximate surface area is 119 Å². The number of amides is 2. The fourth-order valence-corrected chi connectivity index (χ4v) is 2.90. The molecule has 0 aromatic rings. The molecule has 0 radical (unpaired) electrons. The first-order valence-corrected chi connectivity index (χ1v) is 7.15. The zero-order valence-corrected chi connectivity index (χ0v) is 12.2. The first-order chi connectivity index (χ1) is 9.49. The summed E-state index contributed by atoms with van der Waals surface area (Å²) >= 11 is 0. The van der Waals surface area contributed by atoms with Gasteiger partial charge in [0.2, 0.25) is 0 Å². The van der Waals surface area contributed by atoms with E-state index in [4.69, 9.17) is 5.11 Å². The zero-order valence-electron chi connectivity index (χ0n) is 12.2. The summed E-state index contributed by atoms with van der Waals surface area (Å²) in [5, 5.41) is 12.0. The number of carbonyl (C=O) groups is 2. The third kappa shape index (κ3) is 3.40. The molecule has 2 rings (SSSR count). The maximum atomic E-state index is 12.1. The normalized spacial score (nSPS) is 28.6. The fourth-order valence-electron chi connectivity index (χ4n) is 2.90. The Balaban J connectivity index is 1.84. The second kappa shape index (κ2) is 6.41. The highest BCUT2D eigenvalue weighted by Gasteiger charge is 2.34. The van der Waals surface area contributed by atoms with Gasteiger partial charge in [0, 0.05) is 38.8 Å². The van der Waals surface area contributed by atoms with E-state index in [1.165, 1.54) is 4.90 Å². The maximum Gasteiger partial charge on any atom is 0.326 e. The van der Waals surface area contributed by atoms with E-state index >= 15 is 0 Å². The molecule has 2 fully saturated rings. The van der Waals surface area contributed by atoms with Gasteiger partial charge in [0.1, 0.15) is 6.04 Å². The van der Waals surface area contributed by atoms with Crippen LogP contribution in [0.5, 0.6) is 0 Å². The molecule has 7 nitrogen and oxygen atoms in total. The fraction of sp³-hybridized carbons (Fsp3) is 0.846. The average molecular weight is 284 g/mol. The van der Waals surface area contributed by atoms with Gasteiger partial charge in [0.25, 0.3) is 0 Å². The van der Waals surface area contributed by atoms with Gasteiger partial charge < -0.3 is 20.2 Å². The van der Waals surface area contributed by atoms with E-state index in [1.54, 1.807) is 0 Å². The number of hydrogen-bond acceptors (Lipinski definition) is 4. The van der Waals surface area contributed by atoms with Gasteiger partial charge in [-0.15, -0.1) is 0 Å². The van der Waals surface area contributed by atoms with Crippen molar-refractivity contribution in [2.45, 2.75) is 24.9 Å². The number of urea groups is 1. The minimum atomic E-state index is -0.910. The number of carboxylic acids is 1. The Morgan fingerprint density at radius 2 is 2.00 bits per heavy atom. The van der Waals surface area contributed by atoms with Gasteiger partial charge in [0.15, 0.2) is 0 Å². The van der Waals surface area contributed by atoms with Gasteiger partial charge in [0.05, 0.1) is 0 Å². The molecule has 0 saturated carbocycles. The van der Waals surface area contributed by atoms with Crippen LogP contribution in [-0.4, -0.2) is 90.7 Å². The van der Waals surface area contributed by atoms with Crippen molar-refractivity contribution < 1.29 is 14.7 Å². The molecule has 2 heterocycles. The summed E-state index contributed by atoms with van der Waals surface area (Å²) < 4.78 is 0. The molecule has 2 aliphatic rings. The SMILES string of the molecule is CN1CCN(C)C(CNC(=O)N2CCCC2C(=O)O)C1. The summed E-state index contributed by atoms with van der Waals surface area (Å²) in [7, 11) is 4.13. The standard InChI is InChI=1S/C13H24N4O3/c1-15-6-7-16(2)10(9-15)8-14-13(20)17-5-3-4-11(17)12(18)19/h10-11H,3-9H2,1-2H3,(H,14,20)(H,18,19). The molecule has 2 amide bonds. The summed E-state index contributed by atoms with van der Waals surface area (Å²) in [6.07, 6.45) is 1.31. The van der Waals surface area contributed by atoms with Crippen LogP contribution in [-0.2, 0) is 4.79 Å². The molecule has 7 heteroatoms. The lowest BCUT2D eigenvalue weighted by atomic mass is 10.2. The molecule has 20 heavy (non-hydrogen) atoms. The number of likely N-dealkylation sites (N-methyl/N-ethyl adjacent to an activating group) is 2. The van der Waals surface area contributed by atoms with Crippen molar-refractivity contribution in [2.75, 3.05) is 46.8 Å².